The molecule has 0 unspecified atom stereocenters. The minimum atomic E-state index is -0.321. The van der Waals surface area contributed by atoms with Crippen molar-refractivity contribution in [2.75, 3.05) is 18.2 Å². The van der Waals surface area contributed by atoms with Gasteiger partial charge in [0.2, 0.25) is 5.91 Å². The molecule has 0 bridgehead atoms. The number of hydrogen-bond acceptors (Lipinski definition) is 5. The average molecular weight is 430 g/mol. The maximum Gasteiger partial charge on any atom is 0.287 e. The average Bonchev–Trinajstić information content (AvgIpc) is 2.73. The molecule has 0 spiro atoms. The number of amides is 1. The minimum Gasteiger partial charge on any atom is -0.495 e. The van der Waals surface area contributed by atoms with E-state index in [1.807, 2.05) is 24.3 Å². The van der Waals surface area contributed by atoms with Crippen molar-refractivity contribution in [1.82, 2.24) is 9.55 Å². The monoisotopic (exact) mass is 429 g/mol. The zero-order chi connectivity index (χ0) is 20.8. The number of halogens is 1. The van der Waals surface area contributed by atoms with Gasteiger partial charge in [0.25, 0.3) is 5.56 Å². The first kappa shape index (κ1) is 21.0. The molecule has 3 rings (SSSR count). The minimum absolute atomic E-state index is 0.0746. The van der Waals surface area contributed by atoms with Crippen LogP contribution in [0.5, 0.6) is 5.75 Å². The SMILES string of the molecule is CCc1ccc(NC(=O)CSc2nccn(-c3ccc(OC)c(Cl)c3)c2=O)cc1. The second-order valence-electron chi connectivity index (χ2n) is 6.11. The number of thioether (sulfide) groups is 1. The van der Waals surface area contributed by atoms with Crippen LogP contribution in [0.3, 0.4) is 0 Å². The smallest absolute Gasteiger partial charge is 0.287 e. The molecule has 6 nitrogen and oxygen atoms in total. The number of carbonyl (C=O) groups is 1. The van der Waals surface area contributed by atoms with E-state index >= 15 is 0 Å². The molecule has 1 N–H and O–H groups in total. The fourth-order valence-electron chi connectivity index (χ4n) is 2.66. The van der Waals surface area contributed by atoms with Crippen LogP contribution >= 0.6 is 23.4 Å². The van der Waals surface area contributed by atoms with Gasteiger partial charge in [0.15, 0.2) is 5.03 Å². The van der Waals surface area contributed by atoms with E-state index in [1.165, 1.54) is 23.4 Å². The second kappa shape index (κ2) is 9.62. The summed E-state index contributed by atoms with van der Waals surface area (Å²) in [5, 5.41) is 3.45. The molecule has 1 amide bonds. The van der Waals surface area contributed by atoms with E-state index in [4.69, 9.17) is 16.3 Å². The standard InChI is InChI=1S/C21H20ClN3O3S/c1-3-14-4-6-15(7-5-14)24-19(26)13-29-20-21(27)25(11-10-23-20)16-8-9-18(28-2)17(22)12-16/h4-12H,3,13H2,1-2H3,(H,24,26). The summed E-state index contributed by atoms with van der Waals surface area (Å²) >= 11 is 7.24. The zero-order valence-corrected chi connectivity index (χ0v) is 17.6. The van der Waals surface area contributed by atoms with Gasteiger partial charge in [-0.1, -0.05) is 42.4 Å². The van der Waals surface area contributed by atoms with Crippen LogP contribution in [0.15, 0.2) is 64.7 Å². The first-order chi connectivity index (χ1) is 14.0. The topological polar surface area (TPSA) is 73.2 Å². The first-order valence-electron chi connectivity index (χ1n) is 8.95. The van der Waals surface area contributed by atoms with Crippen LogP contribution in [0.2, 0.25) is 5.02 Å². The number of nitrogens with zero attached hydrogens (tertiary/aromatic N) is 2. The van der Waals surface area contributed by atoms with E-state index in [2.05, 4.69) is 17.2 Å². The van der Waals surface area contributed by atoms with Gasteiger partial charge in [-0.3, -0.25) is 14.2 Å². The maximum atomic E-state index is 12.8. The highest BCUT2D eigenvalue weighted by Gasteiger charge is 2.11. The zero-order valence-electron chi connectivity index (χ0n) is 16.0. The molecule has 0 aliphatic heterocycles. The van der Waals surface area contributed by atoms with Gasteiger partial charge in [-0.05, 0) is 42.3 Å². The Bertz CT molecular complexity index is 1070. The second-order valence-corrected chi connectivity index (χ2v) is 7.48. The highest BCUT2D eigenvalue weighted by Crippen LogP contribution is 2.26. The first-order valence-corrected chi connectivity index (χ1v) is 10.3. The largest absolute Gasteiger partial charge is 0.495 e. The summed E-state index contributed by atoms with van der Waals surface area (Å²) in [6.45, 7) is 2.07. The number of anilines is 1. The Balaban J connectivity index is 1.70. The maximum absolute atomic E-state index is 12.8. The Kier molecular flexibility index (Phi) is 6.95. The van der Waals surface area contributed by atoms with Gasteiger partial charge in [-0.15, -0.1) is 0 Å². The van der Waals surface area contributed by atoms with Crippen molar-refractivity contribution in [2.45, 2.75) is 18.4 Å². The van der Waals surface area contributed by atoms with E-state index < -0.39 is 0 Å². The predicted molar refractivity (Wildman–Crippen MR) is 117 cm³/mol. The molecule has 29 heavy (non-hydrogen) atoms. The number of nitrogens with one attached hydrogen (secondary N) is 1. The van der Waals surface area contributed by atoms with Crippen LogP contribution in [0.4, 0.5) is 5.69 Å². The highest BCUT2D eigenvalue weighted by atomic mass is 35.5. The van der Waals surface area contributed by atoms with Crippen molar-refractivity contribution in [3.05, 3.63) is 75.8 Å². The quantitative estimate of drug-likeness (QED) is 0.570. The molecular weight excluding hydrogens is 410 g/mol. The predicted octanol–water partition coefficient (Wildman–Crippen LogP) is 4.19. The van der Waals surface area contributed by atoms with Crippen LogP contribution in [-0.4, -0.2) is 28.3 Å². The summed E-state index contributed by atoms with van der Waals surface area (Å²) in [5.74, 6) is 0.393. The summed E-state index contributed by atoms with van der Waals surface area (Å²) in [5.41, 5.74) is 2.19. The lowest BCUT2D eigenvalue weighted by molar-refractivity contribution is -0.113. The van der Waals surface area contributed by atoms with Crippen molar-refractivity contribution >= 4 is 35.0 Å². The fourth-order valence-corrected chi connectivity index (χ4v) is 3.61. The lowest BCUT2D eigenvalue weighted by Gasteiger charge is -2.10. The normalized spacial score (nSPS) is 10.6. The Labute approximate surface area is 177 Å². The number of ether oxygens (including phenoxy) is 1. The molecule has 150 valence electrons. The van der Waals surface area contributed by atoms with Crippen molar-refractivity contribution in [1.29, 1.82) is 0 Å². The van der Waals surface area contributed by atoms with Gasteiger partial charge in [-0.2, -0.15) is 0 Å². The van der Waals surface area contributed by atoms with Crippen molar-refractivity contribution in [3.8, 4) is 11.4 Å². The van der Waals surface area contributed by atoms with Gasteiger partial charge >= 0.3 is 0 Å². The van der Waals surface area contributed by atoms with Crippen LogP contribution in [-0.2, 0) is 11.2 Å². The van der Waals surface area contributed by atoms with Crippen molar-refractivity contribution in [3.63, 3.8) is 0 Å². The molecule has 0 aliphatic rings. The van der Waals surface area contributed by atoms with Crippen molar-refractivity contribution in [2.24, 2.45) is 0 Å². The number of methoxy groups -OCH3 is 1. The van der Waals surface area contributed by atoms with Crippen molar-refractivity contribution < 1.29 is 9.53 Å². The number of benzene rings is 2. The summed E-state index contributed by atoms with van der Waals surface area (Å²) in [6, 6.07) is 12.7. The lowest BCUT2D eigenvalue weighted by atomic mass is 10.1. The molecule has 0 saturated carbocycles. The summed E-state index contributed by atoms with van der Waals surface area (Å²) in [7, 11) is 1.53. The lowest BCUT2D eigenvalue weighted by Crippen LogP contribution is -2.22. The van der Waals surface area contributed by atoms with E-state index in [-0.39, 0.29) is 22.2 Å². The summed E-state index contributed by atoms with van der Waals surface area (Å²) in [6.07, 6.45) is 4.01. The van der Waals surface area contributed by atoms with E-state index in [0.717, 1.165) is 23.9 Å². The van der Waals surface area contributed by atoms with Gasteiger partial charge in [0, 0.05) is 18.1 Å². The molecule has 3 aromatic rings. The summed E-state index contributed by atoms with van der Waals surface area (Å²) < 4.78 is 6.57. The van der Waals surface area contributed by atoms with Gasteiger partial charge in [0.1, 0.15) is 5.75 Å². The third kappa shape index (κ3) is 5.19. The molecule has 0 fully saturated rings. The molecule has 1 aromatic heterocycles. The van der Waals surface area contributed by atoms with Crippen LogP contribution in [0.25, 0.3) is 5.69 Å². The van der Waals surface area contributed by atoms with Gasteiger partial charge in [-0.25, -0.2) is 4.98 Å². The number of aromatic nitrogens is 2. The van der Waals surface area contributed by atoms with Crippen LogP contribution < -0.4 is 15.6 Å². The molecule has 8 heteroatoms. The van der Waals surface area contributed by atoms with E-state index in [9.17, 15) is 9.59 Å². The third-order valence-corrected chi connectivity index (χ3v) is 5.46. The molecule has 0 atom stereocenters. The molecule has 1 heterocycles. The van der Waals surface area contributed by atoms with E-state index in [0.29, 0.717) is 16.5 Å². The number of carbonyl (C=O) groups excluding carboxylic acids is 1. The summed E-state index contributed by atoms with van der Waals surface area (Å²) in [4.78, 5) is 29.1. The van der Waals surface area contributed by atoms with Gasteiger partial charge < -0.3 is 10.1 Å². The molecule has 2 aromatic carbocycles. The molecular formula is C21H20ClN3O3S. The molecule has 0 aliphatic carbocycles. The Morgan fingerprint density at radius 1 is 1.24 bits per heavy atom. The Morgan fingerprint density at radius 2 is 2.00 bits per heavy atom. The van der Waals surface area contributed by atoms with Gasteiger partial charge in [0.05, 0.1) is 23.6 Å². The fraction of sp³-hybridized carbons (Fsp3) is 0.190. The van der Waals surface area contributed by atoms with E-state index in [1.54, 1.807) is 24.4 Å². The Morgan fingerprint density at radius 3 is 2.66 bits per heavy atom. The van der Waals surface area contributed by atoms with Crippen LogP contribution in [0, 0.1) is 0 Å². The molecule has 0 radical (unpaired) electrons. The number of aryl methyl sites for hydroxylation is 1. The molecule has 0 saturated heterocycles. The Hall–Kier alpha value is -2.77. The van der Waals surface area contributed by atoms with Crippen LogP contribution in [0.1, 0.15) is 12.5 Å². The highest BCUT2D eigenvalue weighted by molar-refractivity contribution is 7.99. The number of rotatable bonds is 7. The third-order valence-electron chi connectivity index (χ3n) is 4.21. The number of hydrogen-bond donors (Lipinski definition) is 1.